The number of carbonyl (C=O) groups excluding carboxylic acids is 1. The molecule has 8 nitrogen and oxygen atoms in total. The molecule has 1 N–H and O–H groups in total. The Morgan fingerprint density at radius 3 is 2.78 bits per heavy atom. The lowest BCUT2D eigenvalue weighted by atomic mass is 10.2. The van der Waals surface area contributed by atoms with Crippen LogP contribution in [0.25, 0.3) is 0 Å². The third kappa shape index (κ3) is 4.18. The van der Waals surface area contributed by atoms with Crippen LogP contribution in [0.4, 0.5) is 0 Å². The van der Waals surface area contributed by atoms with Gasteiger partial charge in [-0.3, -0.25) is 14.3 Å². The molecule has 1 unspecified atom stereocenters. The molecular formula is C15H20N4O4. The Hall–Kier alpha value is -2.64. The van der Waals surface area contributed by atoms with Gasteiger partial charge in [0.2, 0.25) is 0 Å². The third-order valence-electron chi connectivity index (χ3n) is 3.55. The summed E-state index contributed by atoms with van der Waals surface area (Å²) < 4.78 is 6.84. The van der Waals surface area contributed by atoms with Crippen LogP contribution in [0.1, 0.15) is 42.1 Å². The number of aryl methyl sites for hydroxylation is 1. The molecule has 0 fully saturated rings. The van der Waals surface area contributed by atoms with Gasteiger partial charge in [0.25, 0.3) is 5.91 Å². The zero-order valence-corrected chi connectivity index (χ0v) is 13.4. The first-order valence-corrected chi connectivity index (χ1v) is 7.38. The topological polar surface area (TPSA) is 101 Å². The van der Waals surface area contributed by atoms with E-state index in [9.17, 15) is 9.59 Å². The van der Waals surface area contributed by atoms with E-state index >= 15 is 0 Å². The molecule has 23 heavy (non-hydrogen) atoms. The average Bonchev–Trinajstić information content (AvgIpc) is 3.13. The van der Waals surface area contributed by atoms with Crippen LogP contribution in [0.3, 0.4) is 0 Å². The van der Waals surface area contributed by atoms with Gasteiger partial charge in [0, 0.05) is 18.3 Å². The van der Waals surface area contributed by atoms with Gasteiger partial charge < -0.3 is 14.5 Å². The van der Waals surface area contributed by atoms with Crippen molar-refractivity contribution in [2.45, 2.75) is 39.8 Å². The lowest BCUT2D eigenvalue weighted by molar-refractivity contribution is -0.138. The van der Waals surface area contributed by atoms with Crippen molar-refractivity contribution in [1.82, 2.24) is 19.8 Å². The fraction of sp³-hybridized carbons (Fsp3) is 0.467. The van der Waals surface area contributed by atoms with Crippen LogP contribution in [0.5, 0.6) is 0 Å². The van der Waals surface area contributed by atoms with Gasteiger partial charge in [-0.1, -0.05) is 12.1 Å². The number of hydrogen-bond acceptors (Lipinski definition) is 5. The van der Waals surface area contributed by atoms with Crippen molar-refractivity contribution in [2.75, 3.05) is 6.54 Å². The standard InChI is InChI=1S/C15H20N4O4/c1-4-11(3)19(9-14(20)21)15(22)13-5-12(23-17-13)8-18-7-10(2)6-16-18/h5-7,11H,4,8-9H2,1-3H3,(H,20,21). The van der Waals surface area contributed by atoms with E-state index in [4.69, 9.17) is 9.63 Å². The van der Waals surface area contributed by atoms with Crippen molar-refractivity contribution in [2.24, 2.45) is 0 Å². The molecular weight excluding hydrogens is 300 g/mol. The fourth-order valence-electron chi connectivity index (χ4n) is 2.14. The number of aliphatic carboxylic acids is 1. The quantitative estimate of drug-likeness (QED) is 0.830. The van der Waals surface area contributed by atoms with E-state index in [0.29, 0.717) is 18.7 Å². The summed E-state index contributed by atoms with van der Waals surface area (Å²) in [6.07, 6.45) is 4.22. The maximum Gasteiger partial charge on any atom is 0.323 e. The molecule has 1 amide bonds. The molecule has 2 aromatic rings. The largest absolute Gasteiger partial charge is 0.480 e. The molecule has 0 aliphatic heterocycles. The number of carboxylic acid groups (broad SMARTS) is 1. The van der Waals surface area contributed by atoms with Gasteiger partial charge in [-0.05, 0) is 25.8 Å². The molecule has 2 heterocycles. The number of amides is 1. The summed E-state index contributed by atoms with van der Waals surface area (Å²) in [4.78, 5) is 24.7. The molecule has 0 saturated heterocycles. The summed E-state index contributed by atoms with van der Waals surface area (Å²) in [5.74, 6) is -1.03. The number of nitrogens with zero attached hydrogens (tertiary/aromatic N) is 4. The highest BCUT2D eigenvalue weighted by Gasteiger charge is 2.25. The highest BCUT2D eigenvalue weighted by atomic mass is 16.5. The summed E-state index contributed by atoms with van der Waals surface area (Å²) >= 11 is 0. The lowest BCUT2D eigenvalue weighted by Crippen LogP contribution is -2.42. The van der Waals surface area contributed by atoms with Crippen LogP contribution in [-0.4, -0.2) is 49.4 Å². The van der Waals surface area contributed by atoms with Crippen LogP contribution in [0.15, 0.2) is 23.0 Å². The Kier molecular flexibility index (Phi) is 5.15. The Morgan fingerprint density at radius 2 is 2.22 bits per heavy atom. The third-order valence-corrected chi connectivity index (χ3v) is 3.55. The van der Waals surface area contributed by atoms with Gasteiger partial charge in [-0.2, -0.15) is 5.10 Å². The van der Waals surface area contributed by atoms with E-state index in [1.165, 1.54) is 11.0 Å². The molecule has 124 valence electrons. The number of hydrogen-bond donors (Lipinski definition) is 1. The zero-order valence-electron chi connectivity index (χ0n) is 13.4. The maximum atomic E-state index is 12.5. The molecule has 2 rings (SSSR count). The summed E-state index contributed by atoms with van der Waals surface area (Å²) in [6, 6.07) is 1.32. The second kappa shape index (κ2) is 7.08. The minimum absolute atomic E-state index is 0.102. The van der Waals surface area contributed by atoms with Gasteiger partial charge in [0.1, 0.15) is 13.1 Å². The predicted molar refractivity (Wildman–Crippen MR) is 81.0 cm³/mol. The van der Waals surface area contributed by atoms with Crippen molar-refractivity contribution in [3.63, 3.8) is 0 Å². The van der Waals surface area contributed by atoms with Crippen molar-refractivity contribution < 1.29 is 19.2 Å². The van der Waals surface area contributed by atoms with Crippen LogP contribution < -0.4 is 0 Å². The normalized spacial score (nSPS) is 12.1. The van der Waals surface area contributed by atoms with Crippen LogP contribution in [0, 0.1) is 6.92 Å². The summed E-state index contributed by atoms with van der Waals surface area (Å²) in [6.45, 7) is 5.61. The average molecular weight is 320 g/mol. The molecule has 0 saturated carbocycles. The SMILES string of the molecule is CCC(C)N(CC(=O)O)C(=O)c1cc(Cn2cc(C)cn2)on1. The smallest absolute Gasteiger partial charge is 0.323 e. The Bertz CT molecular complexity index is 691. The minimum atomic E-state index is -1.06. The molecule has 0 bridgehead atoms. The highest BCUT2D eigenvalue weighted by molar-refractivity contribution is 5.94. The monoisotopic (exact) mass is 320 g/mol. The van der Waals surface area contributed by atoms with Gasteiger partial charge >= 0.3 is 5.97 Å². The van der Waals surface area contributed by atoms with Crippen molar-refractivity contribution in [1.29, 1.82) is 0 Å². The first-order valence-electron chi connectivity index (χ1n) is 7.38. The predicted octanol–water partition coefficient (Wildman–Crippen LogP) is 1.55. The Morgan fingerprint density at radius 1 is 1.48 bits per heavy atom. The molecule has 0 spiro atoms. The van der Waals surface area contributed by atoms with Crippen molar-refractivity contribution >= 4 is 11.9 Å². The minimum Gasteiger partial charge on any atom is -0.480 e. The van der Waals surface area contributed by atoms with Crippen molar-refractivity contribution in [3.05, 3.63) is 35.5 Å². The second-order valence-electron chi connectivity index (χ2n) is 5.48. The van der Waals surface area contributed by atoms with E-state index in [1.807, 2.05) is 20.0 Å². The number of rotatable bonds is 7. The van der Waals surface area contributed by atoms with Crippen LogP contribution in [-0.2, 0) is 11.3 Å². The van der Waals surface area contributed by atoms with Gasteiger partial charge in [-0.15, -0.1) is 0 Å². The zero-order chi connectivity index (χ0) is 17.0. The number of aromatic nitrogens is 3. The highest BCUT2D eigenvalue weighted by Crippen LogP contribution is 2.12. The summed E-state index contributed by atoms with van der Waals surface area (Å²) in [5.41, 5.74) is 1.12. The molecule has 0 radical (unpaired) electrons. The van der Waals surface area contributed by atoms with Gasteiger partial charge in [-0.25, -0.2) is 0 Å². The Balaban J connectivity index is 2.13. The molecule has 2 aromatic heterocycles. The van der Waals surface area contributed by atoms with E-state index in [-0.39, 0.29) is 18.3 Å². The van der Waals surface area contributed by atoms with Crippen LogP contribution >= 0.6 is 0 Å². The second-order valence-corrected chi connectivity index (χ2v) is 5.48. The molecule has 8 heteroatoms. The van der Waals surface area contributed by atoms with E-state index in [2.05, 4.69) is 10.3 Å². The molecule has 1 atom stereocenters. The van der Waals surface area contributed by atoms with E-state index in [0.717, 1.165) is 5.56 Å². The van der Waals surface area contributed by atoms with Gasteiger partial charge in [0.15, 0.2) is 11.5 Å². The number of carboxylic acids is 1. The summed E-state index contributed by atoms with van der Waals surface area (Å²) in [7, 11) is 0. The maximum absolute atomic E-state index is 12.5. The first kappa shape index (κ1) is 16.7. The fourth-order valence-corrected chi connectivity index (χ4v) is 2.14. The van der Waals surface area contributed by atoms with Gasteiger partial charge in [0.05, 0.1) is 6.20 Å². The summed E-state index contributed by atoms with van der Waals surface area (Å²) in [5, 5.41) is 16.9. The molecule has 0 aliphatic rings. The van der Waals surface area contributed by atoms with Crippen molar-refractivity contribution in [3.8, 4) is 0 Å². The lowest BCUT2D eigenvalue weighted by Gasteiger charge is -2.25. The van der Waals surface area contributed by atoms with Crippen LogP contribution in [0.2, 0.25) is 0 Å². The molecule has 0 aliphatic carbocycles. The van der Waals surface area contributed by atoms with E-state index in [1.54, 1.807) is 17.8 Å². The Labute approximate surface area is 133 Å². The molecule has 0 aromatic carbocycles. The number of carbonyl (C=O) groups is 2. The first-order chi connectivity index (χ1) is 10.9. The van der Waals surface area contributed by atoms with E-state index < -0.39 is 11.9 Å².